The van der Waals surface area contributed by atoms with Gasteiger partial charge in [-0.05, 0) is 30.9 Å². The second-order valence-electron chi connectivity index (χ2n) is 5.43. The van der Waals surface area contributed by atoms with E-state index in [1.54, 1.807) is 0 Å². The van der Waals surface area contributed by atoms with Crippen LogP contribution in [0, 0.1) is 5.92 Å². The monoisotopic (exact) mass is 327 g/mol. The van der Waals surface area contributed by atoms with Crippen molar-refractivity contribution in [3.8, 4) is 5.75 Å². The Morgan fingerprint density at radius 3 is 2.95 bits per heavy atom. The fourth-order valence-corrected chi connectivity index (χ4v) is 2.77. The van der Waals surface area contributed by atoms with Gasteiger partial charge in [0.05, 0.1) is 13.2 Å². The molecule has 2 unspecified atom stereocenters. The maximum absolute atomic E-state index is 9.49. The molecule has 0 spiro atoms. The second-order valence-corrected chi connectivity index (χ2v) is 6.34. The van der Waals surface area contributed by atoms with Crippen LogP contribution in [0.5, 0.6) is 5.75 Å². The number of hydrogen-bond acceptors (Lipinski definition) is 3. The van der Waals surface area contributed by atoms with Crippen LogP contribution < -0.4 is 10.1 Å². The average molecular weight is 328 g/mol. The standard InChI is InChI=1S/C15H22BrNO2/c1-10(2)14(9-18)17-13-4-3-7-19-15-8-11(16)5-6-12(13)15/h5-6,8,10,13-14,17-18H,3-4,7,9H2,1-2H3. The molecule has 0 radical (unpaired) electrons. The normalized spacial score (nSPS) is 20.6. The van der Waals surface area contributed by atoms with Gasteiger partial charge in [-0.15, -0.1) is 0 Å². The number of nitrogens with one attached hydrogen (secondary N) is 1. The van der Waals surface area contributed by atoms with Crippen LogP contribution in [0.4, 0.5) is 0 Å². The Bertz CT molecular complexity index is 423. The molecule has 0 fully saturated rings. The molecular formula is C15H22BrNO2. The van der Waals surface area contributed by atoms with E-state index in [4.69, 9.17) is 4.74 Å². The van der Waals surface area contributed by atoms with Gasteiger partial charge in [-0.2, -0.15) is 0 Å². The maximum Gasteiger partial charge on any atom is 0.125 e. The molecule has 2 N–H and O–H groups in total. The highest BCUT2D eigenvalue weighted by molar-refractivity contribution is 9.10. The minimum absolute atomic E-state index is 0.125. The predicted octanol–water partition coefficient (Wildman–Crippen LogP) is 3.27. The quantitative estimate of drug-likeness (QED) is 0.891. The fourth-order valence-electron chi connectivity index (χ4n) is 2.43. The van der Waals surface area contributed by atoms with Gasteiger partial charge in [-0.25, -0.2) is 0 Å². The Hall–Kier alpha value is -0.580. The zero-order valence-electron chi connectivity index (χ0n) is 11.5. The third-order valence-electron chi connectivity index (χ3n) is 3.66. The summed E-state index contributed by atoms with van der Waals surface area (Å²) in [5, 5.41) is 13.1. The van der Waals surface area contributed by atoms with Crippen LogP contribution in [-0.4, -0.2) is 24.4 Å². The van der Waals surface area contributed by atoms with Crippen LogP contribution in [0.3, 0.4) is 0 Å². The largest absolute Gasteiger partial charge is 0.493 e. The molecule has 2 atom stereocenters. The topological polar surface area (TPSA) is 41.5 Å². The maximum atomic E-state index is 9.49. The van der Waals surface area contributed by atoms with Gasteiger partial charge in [0, 0.05) is 22.1 Å². The third-order valence-corrected chi connectivity index (χ3v) is 4.16. The molecule has 19 heavy (non-hydrogen) atoms. The van der Waals surface area contributed by atoms with Crippen LogP contribution >= 0.6 is 15.9 Å². The Morgan fingerprint density at radius 2 is 2.26 bits per heavy atom. The van der Waals surface area contributed by atoms with Crippen LogP contribution in [0.2, 0.25) is 0 Å². The summed E-state index contributed by atoms with van der Waals surface area (Å²) in [4.78, 5) is 0. The third kappa shape index (κ3) is 3.71. The molecule has 0 aliphatic carbocycles. The summed E-state index contributed by atoms with van der Waals surface area (Å²) in [6, 6.07) is 6.56. The lowest BCUT2D eigenvalue weighted by molar-refractivity contribution is 0.196. The van der Waals surface area contributed by atoms with Gasteiger partial charge in [0.25, 0.3) is 0 Å². The van der Waals surface area contributed by atoms with Crippen molar-refractivity contribution in [1.29, 1.82) is 0 Å². The molecule has 1 aliphatic rings. The van der Waals surface area contributed by atoms with E-state index in [2.05, 4.69) is 41.2 Å². The van der Waals surface area contributed by atoms with E-state index in [0.717, 1.165) is 29.7 Å². The van der Waals surface area contributed by atoms with Crippen molar-refractivity contribution in [2.75, 3.05) is 13.2 Å². The van der Waals surface area contributed by atoms with E-state index < -0.39 is 0 Å². The highest BCUT2D eigenvalue weighted by Crippen LogP contribution is 2.34. The van der Waals surface area contributed by atoms with Crippen molar-refractivity contribution in [1.82, 2.24) is 5.32 Å². The van der Waals surface area contributed by atoms with E-state index in [1.165, 1.54) is 5.56 Å². The first kappa shape index (κ1) is 14.8. The predicted molar refractivity (Wildman–Crippen MR) is 80.5 cm³/mol. The number of halogens is 1. The minimum Gasteiger partial charge on any atom is -0.493 e. The molecule has 3 nitrogen and oxygen atoms in total. The van der Waals surface area contributed by atoms with Crippen molar-refractivity contribution >= 4 is 15.9 Å². The van der Waals surface area contributed by atoms with E-state index in [0.29, 0.717) is 5.92 Å². The molecule has 0 amide bonds. The van der Waals surface area contributed by atoms with Gasteiger partial charge >= 0.3 is 0 Å². The summed E-state index contributed by atoms with van der Waals surface area (Å²) < 4.78 is 6.84. The summed E-state index contributed by atoms with van der Waals surface area (Å²) in [6.07, 6.45) is 2.07. The number of aliphatic hydroxyl groups is 1. The number of fused-ring (bicyclic) bond motifs is 1. The lowest BCUT2D eigenvalue weighted by atomic mass is 9.98. The van der Waals surface area contributed by atoms with Gasteiger partial charge in [-0.3, -0.25) is 0 Å². The molecule has 106 valence electrons. The summed E-state index contributed by atoms with van der Waals surface area (Å²) in [7, 11) is 0. The zero-order valence-corrected chi connectivity index (χ0v) is 13.1. The SMILES string of the molecule is CC(C)C(CO)NC1CCCOc2cc(Br)ccc21. The highest BCUT2D eigenvalue weighted by atomic mass is 79.9. The van der Waals surface area contributed by atoms with Gasteiger partial charge in [-0.1, -0.05) is 35.8 Å². The van der Waals surface area contributed by atoms with E-state index in [9.17, 15) is 5.11 Å². The van der Waals surface area contributed by atoms with Crippen LogP contribution in [0.25, 0.3) is 0 Å². The Kier molecular flexibility index (Phi) is 5.25. The van der Waals surface area contributed by atoms with Gasteiger partial charge in [0.2, 0.25) is 0 Å². The highest BCUT2D eigenvalue weighted by Gasteiger charge is 2.23. The molecule has 0 saturated carbocycles. The number of rotatable bonds is 4. The van der Waals surface area contributed by atoms with Crippen molar-refractivity contribution in [3.05, 3.63) is 28.2 Å². The van der Waals surface area contributed by atoms with Crippen LogP contribution in [0.15, 0.2) is 22.7 Å². The fraction of sp³-hybridized carbons (Fsp3) is 0.600. The zero-order chi connectivity index (χ0) is 13.8. The van der Waals surface area contributed by atoms with E-state index in [1.807, 2.05) is 12.1 Å². The Labute approximate surface area is 123 Å². The molecule has 1 aromatic carbocycles. The number of hydrogen-bond donors (Lipinski definition) is 2. The lowest BCUT2D eigenvalue weighted by Crippen LogP contribution is -2.39. The summed E-state index contributed by atoms with van der Waals surface area (Å²) in [5.41, 5.74) is 1.19. The Balaban J connectivity index is 2.21. The molecule has 2 rings (SSSR count). The summed E-state index contributed by atoms with van der Waals surface area (Å²) in [6.45, 7) is 5.18. The Morgan fingerprint density at radius 1 is 1.47 bits per heavy atom. The van der Waals surface area contributed by atoms with Crippen molar-refractivity contribution < 1.29 is 9.84 Å². The first-order valence-corrected chi connectivity index (χ1v) is 7.70. The van der Waals surface area contributed by atoms with E-state index >= 15 is 0 Å². The van der Waals surface area contributed by atoms with Gasteiger partial charge in [0.1, 0.15) is 5.75 Å². The van der Waals surface area contributed by atoms with Crippen molar-refractivity contribution in [3.63, 3.8) is 0 Å². The lowest BCUT2D eigenvalue weighted by Gasteiger charge is -2.27. The minimum atomic E-state index is 0.125. The first-order valence-electron chi connectivity index (χ1n) is 6.91. The van der Waals surface area contributed by atoms with Crippen LogP contribution in [0.1, 0.15) is 38.3 Å². The smallest absolute Gasteiger partial charge is 0.125 e. The van der Waals surface area contributed by atoms with Gasteiger partial charge in [0.15, 0.2) is 0 Å². The second kappa shape index (κ2) is 6.73. The van der Waals surface area contributed by atoms with Crippen molar-refractivity contribution in [2.45, 2.75) is 38.8 Å². The average Bonchev–Trinajstić information content (AvgIpc) is 2.57. The molecule has 1 aliphatic heterocycles. The van der Waals surface area contributed by atoms with Crippen molar-refractivity contribution in [2.24, 2.45) is 5.92 Å². The first-order chi connectivity index (χ1) is 9.11. The molecule has 0 bridgehead atoms. The molecular weight excluding hydrogens is 306 g/mol. The van der Waals surface area contributed by atoms with Crippen LogP contribution in [-0.2, 0) is 0 Å². The number of benzene rings is 1. The summed E-state index contributed by atoms with van der Waals surface area (Å²) in [5.74, 6) is 1.36. The number of aliphatic hydroxyl groups excluding tert-OH is 1. The summed E-state index contributed by atoms with van der Waals surface area (Å²) >= 11 is 3.48. The molecule has 1 heterocycles. The van der Waals surface area contributed by atoms with E-state index in [-0.39, 0.29) is 18.7 Å². The molecule has 0 saturated heterocycles. The molecule has 4 heteroatoms. The molecule has 1 aromatic rings. The molecule has 0 aromatic heterocycles. The van der Waals surface area contributed by atoms with Gasteiger partial charge < -0.3 is 15.2 Å². The number of ether oxygens (including phenoxy) is 1.